The highest BCUT2D eigenvalue weighted by molar-refractivity contribution is 5.78. The highest BCUT2D eigenvalue weighted by atomic mass is 16.5. The molecule has 0 radical (unpaired) electrons. The Morgan fingerprint density at radius 2 is 1.83 bits per heavy atom. The summed E-state index contributed by atoms with van der Waals surface area (Å²) in [4.78, 5) is 12.1. The zero-order valence-corrected chi connectivity index (χ0v) is 14.0. The molecule has 1 fully saturated rings. The van der Waals surface area contributed by atoms with Gasteiger partial charge in [-0.2, -0.15) is 0 Å². The minimum absolute atomic E-state index is 0.0692. The van der Waals surface area contributed by atoms with Gasteiger partial charge in [-0.05, 0) is 42.3 Å². The van der Waals surface area contributed by atoms with Crippen LogP contribution in [0.3, 0.4) is 0 Å². The molecular weight excluding hydrogens is 300 g/mol. The topological polar surface area (TPSA) is 50.4 Å². The van der Waals surface area contributed by atoms with E-state index in [1.807, 2.05) is 61.5 Å². The van der Waals surface area contributed by atoms with E-state index in [1.165, 1.54) is 0 Å². The number of nitrogens with one attached hydrogen (secondary N) is 2. The second-order valence-electron chi connectivity index (χ2n) is 6.34. The molecule has 2 N–H and O–H groups in total. The largest absolute Gasteiger partial charge is 0.489 e. The van der Waals surface area contributed by atoms with E-state index >= 15 is 0 Å². The van der Waals surface area contributed by atoms with Gasteiger partial charge in [0.2, 0.25) is 5.91 Å². The fraction of sp³-hybridized carbons (Fsp3) is 0.350. The van der Waals surface area contributed by atoms with E-state index in [9.17, 15) is 4.79 Å². The Balaban J connectivity index is 1.45. The van der Waals surface area contributed by atoms with Gasteiger partial charge < -0.3 is 15.4 Å². The number of amides is 1. The molecule has 0 aromatic heterocycles. The summed E-state index contributed by atoms with van der Waals surface area (Å²) in [6.45, 7) is 5.01. The van der Waals surface area contributed by atoms with E-state index in [0.29, 0.717) is 19.1 Å². The normalized spacial score (nSPS) is 15.4. The Labute approximate surface area is 143 Å². The van der Waals surface area contributed by atoms with Crippen LogP contribution in [0.15, 0.2) is 54.6 Å². The quantitative estimate of drug-likeness (QED) is 0.823. The van der Waals surface area contributed by atoms with Crippen LogP contribution in [-0.4, -0.2) is 19.0 Å². The molecule has 0 spiro atoms. The van der Waals surface area contributed by atoms with Crippen molar-refractivity contribution in [3.63, 3.8) is 0 Å². The summed E-state index contributed by atoms with van der Waals surface area (Å²) in [7, 11) is 0. The second-order valence-corrected chi connectivity index (χ2v) is 6.34. The van der Waals surface area contributed by atoms with Crippen LogP contribution in [0.25, 0.3) is 0 Å². The molecule has 1 aliphatic heterocycles. The van der Waals surface area contributed by atoms with E-state index in [2.05, 4.69) is 10.6 Å². The molecule has 0 saturated carbocycles. The van der Waals surface area contributed by atoms with Crippen LogP contribution in [0.5, 0.6) is 5.75 Å². The molecule has 1 amide bonds. The Kier molecular flexibility index (Phi) is 5.49. The molecule has 0 aliphatic carbocycles. The summed E-state index contributed by atoms with van der Waals surface area (Å²) in [6, 6.07) is 18.0. The number of benzene rings is 2. The van der Waals surface area contributed by atoms with Crippen LogP contribution >= 0.6 is 0 Å². The van der Waals surface area contributed by atoms with Gasteiger partial charge in [0.25, 0.3) is 0 Å². The SMILES string of the molecule is CC(C(=O)NCc1ccc(OCc2ccccc2)cc1)C1CNC1. The minimum atomic E-state index is 0.0692. The Morgan fingerprint density at radius 3 is 2.46 bits per heavy atom. The summed E-state index contributed by atoms with van der Waals surface area (Å²) >= 11 is 0. The van der Waals surface area contributed by atoms with Crippen molar-refractivity contribution in [3.8, 4) is 5.75 Å². The number of carbonyl (C=O) groups excluding carboxylic acids is 1. The lowest BCUT2D eigenvalue weighted by Gasteiger charge is -2.31. The van der Waals surface area contributed by atoms with E-state index in [0.717, 1.165) is 30.0 Å². The van der Waals surface area contributed by atoms with Crippen molar-refractivity contribution >= 4 is 5.91 Å². The average Bonchev–Trinajstić information content (AvgIpc) is 2.58. The molecule has 1 unspecified atom stereocenters. The summed E-state index contributed by atoms with van der Waals surface area (Å²) in [5.74, 6) is 1.51. The maximum Gasteiger partial charge on any atom is 0.223 e. The molecule has 4 nitrogen and oxygen atoms in total. The third kappa shape index (κ3) is 4.36. The van der Waals surface area contributed by atoms with Gasteiger partial charge in [-0.1, -0.05) is 49.4 Å². The molecule has 1 heterocycles. The molecule has 0 bridgehead atoms. The summed E-state index contributed by atoms with van der Waals surface area (Å²) in [5.41, 5.74) is 2.22. The van der Waals surface area contributed by atoms with Gasteiger partial charge in [0.1, 0.15) is 12.4 Å². The highest BCUT2D eigenvalue weighted by Crippen LogP contribution is 2.17. The third-order valence-corrected chi connectivity index (χ3v) is 4.57. The highest BCUT2D eigenvalue weighted by Gasteiger charge is 2.28. The van der Waals surface area contributed by atoms with Crippen molar-refractivity contribution in [1.29, 1.82) is 0 Å². The van der Waals surface area contributed by atoms with Crippen LogP contribution < -0.4 is 15.4 Å². The third-order valence-electron chi connectivity index (χ3n) is 4.57. The number of hydrogen-bond acceptors (Lipinski definition) is 3. The first-order valence-electron chi connectivity index (χ1n) is 8.46. The van der Waals surface area contributed by atoms with Gasteiger partial charge >= 0.3 is 0 Å². The van der Waals surface area contributed by atoms with Crippen molar-refractivity contribution in [3.05, 3.63) is 65.7 Å². The van der Waals surface area contributed by atoms with E-state index < -0.39 is 0 Å². The molecule has 126 valence electrons. The van der Waals surface area contributed by atoms with Gasteiger partial charge in [0.15, 0.2) is 0 Å². The van der Waals surface area contributed by atoms with Gasteiger partial charge in [-0.3, -0.25) is 4.79 Å². The predicted octanol–water partition coefficient (Wildman–Crippen LogP) is 2.74. The van der Waals surface area contributed by atoms with E-state index in [-0.39, 0.29) is 11.8 Å². The molecule has 1 aliphatic rings. The lowest BCUT2D eigenvalue weighted by Crippen LogP contribution is -2.49. The van der Waals surface area contributed by atoms with Gasteiger partial charge in [0.05, 0.1) is 0 Å². The first-order chi connectivity index (χ1) is 11.7. The maximum absolute atomic E-state index is 12.1. The van der Waals surface area contributed by atoms with Crippen LogP contribution in [0, 0.1) is 11.8 Å². The molecule has 4 heteroatoms. The molecular formula is C20H24N2O2. The molecule has 3 rings (SSSR count). The van der Waals surface area contributed by atoms with Gasteiger partial charge in [0, 0.05) is 12.5 Å². The lowest BCUT2D eigenvalue weighted by atomic mass is 9.88. The smallest absolute Gasteiger partial charge is 0.223 e. The average molecular weight is 324 g/mol. The first kappa shape index (κ1) is 16.5. The van der Waals surface area contributed by atoms with Crippen LogP contribution in [0.1, 0.15) is 18.1 Å². The monoisotopic (exact) mass is 324 g/mol. The zero-order valence-electron chi connectivity index (χ0n) is 14.0. The minimum Gasteiger partial charge on any atom is -0.489 e. The fourth-order valence-corrected chi connectivity index (χ4v) is 2.67. The van der Waals surface area contributed by atoms with Crippen LogP contribution in [0.2, 0.25) is 0 Å². The van der Waals surface area contributed by atoms with Crippen LogP contribution in [-0.2, 0) is 17.9 Å². The standard InChI is InChI=1S/C20H24N2O2/c1-15(18-12-21-13-18)20(23)22-11-16-7-9-19(10-8-16)24-14-17-5-3-2-4-6-17/h2-10,15,18,21H,11-14H2,1H3,(H,22,23). The fourth-order valence-electron chi connectivity index (χ4n) is 2.67. The first-order valence-corrected chi connectivity index (χ1v) is 8.46. The molecule has 2 aromatic carbocycles. The second kappa shape index (κ2) is 7.97. The summed E-state index contributed by atoms with van der Waals surface area (Å²) in [5, 5.41) is 6.22. The number of carbonyl (C=O) groups is 1. The van der Waals surface area contributed by atoms with Crippen molar-refractivity contribution in [2.24, 2.45) is 11.8 Å². The predicted molar refractivity (Wildman–Crippen MR) is 94.6 cm³/mol. The summed E-state index contributed by atoms with van der Waals surface area (Å²) < 4.78 is 5.77. The molecule has 1 atom stereocenters. The number of hydrogen-bond donors (Lipinski definition) is 2. The molecule has 1 saturated heterocycles. The van der Waals surface area contributed by atoms with Crippen molar-refractivity contribution < 1.29 is 9.53 Å². The number of ether oxygens (including phenoxy) is 1. The van der Waals surface area contributed by atoms with Crippen molar-refractivity contribution in [1.82, 2.24) is 10.6 Å². The van der Waals surface area contributed by atoms with Gasteiger partial charge in [-0.15, -0.1) is 0 Å². The zero-order chi connectivity index (χ0) is 16.8. The van der Waals surface area contributed by atoms with Crippen LogP contribution in [0.4, 0.5) is 0 Å². The Hall–Kier alpha value is -2.33. The number of rotatable bonds is 7. The van der Waals surface area contributed by atoms with Crippen molar-refractivity contribution in [2.75, 3.05) is 13.1 Å². The molecule has 24 heavy (non-hydrogen) atoms. The molecule has 2 aromatic rings. The summed E-state index contributed by atoms with van der Waals surface area (Å²) in [6.07, 6.45) is 0. The Morgan fingerprint density at radius 1 is 1.12 bits per heavy atom. The maximum atomic E-state index is 12.1. The Bertz CT molecular complexity index is 651. The van der Waals surface area contributed by atoms with Crippen molar-refractivity contribution in [2.45, 2.75) is 20.1 Å². The van der Waals surface area contributed by atoms with Gasteiger partial charge in [-0.25, -0.2) is 0 Å². The van der Waals surface area contributed by atoms with E-state index in [4.69, 9.17) is 4.74 Å². The van der Waals surface area contributed by atoms with E-state index in [1.54, 1.807) is 0 Å². The lowest BCUT2D eigenvalue weighted by molar-refractivity contribution is -0.126.